The van der Waals surface area contributed by atoms with Gasteiger partial charge in [-0.2, -0.15) is 15.3 Å². The Morgan fingerprint density at radius 3 is 2.53 bits per heavy atom. The first-order valence-electron chi connectivity index (χ1n) is 9.64. The van der Waals surface area contributed by atoms with Crippen LogP contribution in [0.3, 0.4) is 0 Å². The average molecular weight is 393 g/mol. The van der Waals surface area contributed by atoms with Crippen molar-refractivity contribution in [1.82, 2.24) is 25.0 Å². The molecule has 6 nitrogen and oxygen atoms in total. The Hall–Kier alpha value is -4.06. The van der Waals surface area contributed by atoms with Gasteiger partial charge in [0.1, 0.15) is 18.1 Å². The average Bonchev–Trinajstić information content (AvgIpc) is 3.19. The van der Waals surface area contributed by atoms with Crippen molar-refractivity contribution in [2.75, 3.05) is 0 Å². The van der Waals surface area contributed by atoms with E-state index in [-0.39, 0.29) is 0 Å². The van der Waals surface area contributed by atoms with Gasteiger partial charge in [0.25, 0.3) is 0 Å². The lowest BCUT2D eigenvalue weighted by atomic mass is 10.0. The van der Waals surface area contributed by atoms with E-state index in [0.29, 0.717) is 6.61 Å². The molecule has 3 aromatic heterocycles. The predicted molar refractivity (Wildman–Crippen MR) is 116 cm³/mol. The van der Waals surface area contributed by atoms with Crippen molar-refractivity contribution in [2.24, 2.45) is 7.05 Å². The molecule has 0 N–H and O–H groups in total. The minimum Gasteiger partial charge on any atom is -0.487 e. The minimum atomic E-state index is 0.369. The van der Waals surface area contributed by atoms with Crippen LogP contribution >= 0.6 is 0 Å². The van der Waals surface area contributed by atoms with Gasteiger partial charge in [-0.3, -0.25) is 9.67 Å². The monoisotopic (exact) mass is 393 g/mol. The summed E-state index contributed by atoms with van der Waals surface area (Å²) in [6.07, 6.45) is 7.19. The van der Waals surface area contributed by atoms with Gasteiger partial charge >= 0.3 is 0 Å². The Morgan fingerprint density at radius 1 is 0.833 bits per heavy atom. The molecule has 0 spiro atoms. The van der Waals surface area contributed by atoms with E-state index in [1.807, 2.05) is 43.7 Å². The highest BCUT2D eigenvalue weighted by atomic mass is 16.5. The van der Waals surface area contributed by atoms with E-state index in [0.717, 1.165) is 44.6 Å². The Morgan fingerprint density at radius 2 is 1.70 bits per heavy atom. The van der Waals surface area contributed by atoms with E-state index >= 15 is 0 Å². The number of aryl methyl sites for hydroxylation is 1. The topological polar surface area (TPSA) is 65.7 Å². The molecule has 2 aromatic carbocycles. The van der Waals surface area contributed by atoms with Crippen LogP contribution in [-0.4, -0.2) is 25.0 Å². The Labute approximate surface area is 173 Å². The standard InChI is InChI=1S/C24H19N5O/c1-29-15-22(19-11-13-26-27-14-19)23(28-29)16-30-20-9-7-17(8-10-20)21-6-2-4-18-5-3-12-25-24(18)21/h2-15H,16H2,1H3. The van der Waals surface area contributed by atoms with Crippen molar-refractivity contribution >= 4 is 10.9 Å². The molecule has 0 unspecified atom stereocenters. The summed E-state index contributed by atoms with van der Waals surface area (Å²) in [6, 6.07) is 20.3. The summed E-state index contributed by atoms with van der Waals surface area (Å²) in [6.45, 7) is 0.369. The molecule has 0 atom stereocenters. The molecule has 0 aliphatic rings. The maximum atomic E-state index is 6.02. The van der Waals surface area contributed by atoms with Gasteiger partial charge in [0, 0.05) is 41.5 Å². The highest BCUT2D eigenvalue weighted by Crippen LogP contribution is 2.29. The molecule has 5 aromatic rings. The molecule has 0 bridgehead atoms. The molecule has 30 heavy (non-hydrogen) atoms. The van der Waals surface area contributed by atoms with E-state index < -0.39 is 0 Å². The number of nitrogens with zero attached hydrogens (tertiary/aromatic N) is 5. The molecule has 0 saturated carbocycles. The third-order valence-electron chi connectivity index (χ3n) is 4.97. The fourth-order valence-corrected chi connectivity index (χ4v) is 3.55. The fourth-order valence-electron chi connectivity index (χ4n) is 3.55. The summed E-state index contributed by atoms with van der Waals surface area (Å²) in [5, 5.41) is 13.5. The normalized spacial score (nSPS) is 11.0. The third kappa shape index (κ3) is 3.51. The van der Waals surface area contributed by atoms with Gasteiger partial charge in [-0.25, -0.2) is 0 Å². The first-order chi connectivity index (χ1) is 14.8. The van der Waals surface area contributed by atoms with Gasteiger partial charge < -0.3 is 4.74 Å². The van der Waals surface area contributed by atoms with Gasteiger partial charge in [-0.1, -0.05) is 36.4 Å². The Bertz CT molecular complexity index is 1290. The van der Waals surface area contributed by atoms with E-state index in [1.165, 1.54) is 0 Å². The second-order valence-corrected chi connectivity index (χ2v) is 6.99. The Kier molecular flexibility index (Phi) is 4.65. The SMILES string of the molecule is Cn1cc(-c2ccnnc2)c(COc2ccc(-c3cccc4cccnc34)cc2)n1. The molecule has 0 aliphatic carbocycles. The van der Waals surface area contributed by atoms with Crippen LogP contribution in [0.2, 0.25) is 0 Å². The largest absolute Gasteiger partial charge is 0.487 e. The first-order valence-corrected chi connectivity index (χ1v) is 9.64. The zero-order valence-corrected chi connectivity index (χ0v) is 16.4. The number of fused-ring (bicyclic) bond motifs is 1. The predicted octanol–water partition coefficient (Wildman–Crippen LogP) is 4.67. The number of para-hydroxylation sites is 1. The maximum absolute atomic E-state index is 6.02. The van der Waals surface area contributed by atoms with Crippen LogP contribution in [0.1, 0.15) is 5.69 Å². The molecule has 5 rings (SSSR count). The summed E-state index contributed by atoms with van der Waals surface area (Å²) in [5.74, 6) is 0.788. The number of hydrogen-bond donors (Lipinski definition) is 0. The zero-order valence-electron chi connectivity index (χ0n) is 16.4. The van der Waals surface area contributed by atoms with Gasteiger partial charge in [-0.15, -0.1) is 0 Å². The van der Waals surface area contributed by atoms with E-state index in [2.05, 4.69) is 56.7 Å². The van der Waals surface area contributed by atoms with Crippen LogP contribution in [0.25, 0.3) is 33.2 Å². The molecular formula is C24H19N5O. The number of aromatic nitrogens is 5. The van der Waals surface area contributed by atoms with Gasteiger partial charge in [-0.05, 0) is 29.8 Å². The number of rotatable bonds is 5. The Balaban J connectivity index is 1.37. The summed E-state index contributed by atoms with van der Waals surface area (Å²) < 4.78 is 7.80. The van der Waals surface area contributed by atoms with Crippen molar-refractivity contribution < 1.29 is 4.74 Å². The fraction of sp³-hybridized carbons (Fsp3) is 0.0833. The zero-order chi connectivity index (χ0) is 20.3. The van der Waals surface area contributed by atoms with Crippen LogP contribution < -0.4 is 4.74 Å². The van der Waals surface area contributed by atoms with Crippen LogP contribution in [-0.2, 0) is 13.7 Å². The summed E-state index contributed by atoms with van der Waals surface area (Å²) >= 11 is 0. The molecular weight excluding hydrogens is 374 g/mol. The van der Waals surface area contributed by atoms with Crippen LogP contribution in [0.5, 0.6) is 5.75 Å². The lowest BCUT2D eigenvalue weighted by Crippen LogP contribution is -1.99. The highest BCUT2D eigenvalue weighted by molar-refractivity contribution is 5.93. The molecule has 6 heteroatoms. The molecule has 0 radical (unpaired) electrons. The number of benzene rings is 2. The minimum absolute atomic E-state index is 0.369. The van der Waals surface area contributed by atoms with E-state index in [9.17, 15) is 0 Å². The summed E-state index contributed by atoms with van der Waals surface area (Å²) in [7, 11) is 1.90. The van der Waals surface area contributed by atoms with Gasteiger partial charge in [0.15, 0.2) is 0 Å². The summed E-state index contributed by atoms with van der Waals surface area (Å²) in [5.41, 5.74) is 6.02. The van der Waals surface area contributed by atoms with Gasteiger partial charge in [0.2, 0.25) is 0 Å². The lowest BCUT2D eigenvalue weighted by molar-refractivity contribution is 0.300. The van der Waals surface area contributed by atoms with Crippen molar-refractivity contribution in [3.8, 4) is 28.0 Å². The molecule has 146 valence electrons. The molecule has 0 aliphatic heterocycles. The second kappa shape index (κ2) is 7.75. The first kappa shape index (κ1) is 18.0. The van der Waals surface area contributed by atoms with Crippen LogP contribution in [0.15, 0.2) is 85.5 Å². The maximum Gasteiger partial charge on any atom is 0.133 e. The number of hydrogen-bond acceptors (Lipinski definition) is 5. The van der Waals surface area contributed by atoms with Crippen LogP contribution in [0.4, 0.5) is 0 Å². The molecule has 0 amide bonds. The van der Waals surface area contributed by atoms with Crippen molar-refractivity contribution in [2.45, 2.75) is 6.61 Å². The number of pyridine rings is 1. The third-order valence-corrected chi connectivity index (χ3v) is 4.97. The summed E-state index contributed by atoms with van der Waals surface area (Å²) in [4.78, 5) is 4.55. The molecule has 0 fully saturated rings. The smallest absolute Gasteiger partial charge is 0.133 e. The quantitative estimate of drug-likeness (QED) is 0.434. The van der Waals surface area contributed by atoms with Crippen LogP contribution in [0, 0.1) is 0 Å². The number of ether oxygens (including phenoxy) is 1. The second-order valence-electron chi connectivity index (χ2n) is 6.99. The molecule has 3 heterocycles. The van der Waals surface area contributed by atoms with Crippen molar-refractivity contribution in [3.63, 3.8) is 0 Å². The van der Waals surface area contributed by atoms with E-state index in [4.69, 9.17) is 4.74 Å². The van der Waals surface area contributed by atoms with Gasteiger partial charge in [0.05, 0.1) is 17.9 Å². The highest BCUT2D eigenvalue weighted by Gasteiger charge is 2.11. The van der Waals surface area contributed by atoms with Crippen molar-refractivity contribution in [1.29, 1.82) is 0 Å². The van der Waals surface area contributed by atoms with Crippen molar-refractivity contribution in [3.05, 3.63) is 91.1 Å². The molecule has 0 saturated heterocycles. The van der Waals surface area contributed by atoms with E-state index in [1.54, 1.807) is 17.1 Å². The lowest BCUT2D eigenvalue weighted by Gasteiger charge is -2.09.